The molecule has 170 valence electrons. The lowest BCUT2D eigenvalue weighted by molar-refractivity contribution is 0.145. The van der Waals surface area contributed by atoms with Crippen LogP contribution >= 0.6 is 0 Å². The zero-order valence-electron chi connectivity index (χ0n) is 17.6. The highest BCUT2D eigenvalue weighted by atomic mass is 32.2. The van der Waals surface area contributed by atoms with Crippen molar-refractivity contribution in [2.75, 3.05) is 24.2 Å². The normalized spacial score (nSPS) is 18.8. The molecular weight excluding hydrogens is 441 g/mol. The number of sulfonamides is 1. The molecule has 2 unspecified atom stereocenters. The second-order valence-corrected chi connectivity index (χ2v) is 9.55. The number of furan rings is 1. The number of ether oxygens (including phenoxy) is 1. The quantitative estimate of drug-likeness (QED) is 0.612. The maximum Gasteiger partial charge on any atom is 0.412 e. The minimum atomic E-state index is -3.68. The Bertz CT molecular complexity index is 1290. The van der Waals surface area contributed by atoms with Gasteiger partial charge in [0.15, 0.2) is 11.5 Å². The molecule has 3 aromatic rings. The molecule has 1 amide bonds. The third-order valence-electron chi connectivity index (χ3n) is 5.48. The number of aliphatic hydroxyl groups is 1. The van der Waals surface area contributed by atoms with Gasteiger partial charge in [0.2, 0.25) is 15.7 Å². The van der Waals surface area contributed by atoms with Crippen molar-refractivity contribution in [1.29, 1.82) is 0 Å². The topological polar surface area (TPSA) is 122 Å². The summed E-state index contributed by atoms with van der Waals surface area (Å²) in [5, 5.41) is 13.2. The molecule has 1 aromatic carbocycles. The van der Waals surface area contributed by atoms with Crippen molar-refractivity contribution in [2.24, 2.45) is 0 Å². The number of aromatic nitrogens is 1. The third kappa shape index (κ3) is 3.89. The van der Waals surface area contributed by atoms with Crippen LogP contribution in [0.2, 0.25) is 0 Å². The molecular formula is C21H22FN3O6S. The second-order valence-electron chi connectivity index (χ2n) is 7.64. The first kappa shape index (κ1) is 22.0. The lowest BCUT2D eigenvalue weighted by Crippen LogP contribution is -2.32. The number of hydrogen-bond donors (Lipinski definition) is 2. The Morgan fingerprint density at radius 3 is 2.66 bits per heavy atom. The molecule has 32 heavy (non-hydrogen) atoms. The molecule has 0 radical (unpaired) electrons. The number of nitrogens with one attached hydrogen (secondary N) is 1. The standard InChI is InChI=1S/C21H22FN3O6S/c1-11-14-10-15-18(31-21(27)23-2)17(12-4-6-13(22)7-5-12)30-20(15)24-19(14)25(32(3,28)29)9-8-16(11)26/h4-7,10-11,16,26H,8-9H2,1-3H3,(H,23,27). The third-order valence-corrected chi connectivity index (χ3v) is 6.64. The van der Waals surface area contributed by atoms with Crippen LogP contribution in [0.15, 0.2) is 34.7 Å². The van der Waals surface area contributed by atoms with Gasteiger partial charge in [-0.05, 0) is 36.8 Å². The molecule has 0 bridgehead atoms. The Morgan fingerprint density at radius 2 is 2.03 bits per heavy atom. The van der Waals surface area contributed by atoms with Crippen LogP contribution in [0.1, 0.15) is 24.8 Å². The number of fused-ring (bicyclic) bond motifs is 2. The summed E-state index contributed by atoms with van der Waals surface area (Å²) in [4.78, 5) is 16.5. The van der Waals surface area contributed by atoms with Crippen molar-refractivity contribution < 1.29 is 31.9 Å². The molecule has 2 N–H and O–H groups in total. The minimum absolute atomic E-state index is 0.0409. The Balaban J connectivity index is 2.00. The van der Waals surface area contributed by atoms with Gasteiger partial charge in [-0.3, -0.25) is 4.31 Å². The van der Waals surface area contributed by atoms with Crippen LogP contribution in [0.3, 0.4) is 0 Å². The highest BCUT2D eigenvalue weighted by Gasteiger charge is 2.34. The molecule has 0 fully saturated rings. The summed E-state index contributed by atoms with van der Waals surface area (Å²) in [7, 11) is -2.28. The number of benzene rings is 1. The predicted octanol–water partition coefficient (Wildman–Crippen LogP) is 2.99. The number of amides is 1. The number of carbonyl (C=O) groups excluding carboxylic acids is 1. The number of anilines is 1. The van der Waals surface area contributed by atoms with Gasteiger partial charge in [-0.1, -0.05) is 6.92 Å². The lowest BCUT2D eigenvalue weighted by atomic mass is 9.94. The fraction of sp³-hybridized carbons (Fsp3) is 0.333. The molecule has 2 atom stereocenters. The summed E-state index contributed by atoms with van der Waals surface area (Å²) in [6.45, 7) is 1.83. The molecule has 4 rings (SSSR count). The molecule has 1 aliphatic rings. The summed E-state index contributed by atoms with van der Waals surface area (Å²) in [5.74, 6) is -0.552. The van der Waals surface area contributed by atoms with Crippen LogP contribution in [-0.2, 0) is 10.0 Å². The SMILES string of the molecule is CNC(=O)Oc1c(-c2ccc(F)cc2)oc2nc3c(cc12)C(C)C(O)CCN3S(C)(=O)=O. The van der Waals surface area contributed by atoms with Gasteiger partial charge in [0.25, 0.3) is 0 Å². The minimum Gasteiger partial charge on any atom is -0.434 e. The average Bonchev–Trinajstić information content (AvgIpc) is 3.02. The Morgan fingerprint density at radius 1 is 1.34 bits per heavy atom. The number of carbonyl (C=O) groups is 1. The van der Waals surface area contributed by atoms with Crippen molar-refractivity contribution in [3.05, 3.63) is 41.7 Å². The van der Waals surface area contributed by atoms with Gasteiger partial charge in [-0.15, -0.1) is 0 Å². The van der Waals surface area contributed by atoms with Crippen molar-refractivity contribution in [1.82, 2.24) is 10.3 Å². The summed E-state index contributed by atoms with van der Waals surface area (Å²) >= 11 is 0. The lowest BCUT2D eigenvalue weighted by Gasteiger charge is -2.21. The van der Waals surface area contributed by atoms with Gasteiger partial charge in [-0.25, -0.2) is 17.6 Å². The zero-order chi connectivity index (χ0) is 23.2. The zero-order valence-corrected chi connectivity index (χ0v) is 18.4. The van der Waals surface area contributed by atoms with E-state index in [1.54, 1.807) is 13.0 Å². The summed E-state index contributed by atoms with van der Waals surface area (Å²) in [6.07, 6.45) is -0.255. The predicted molar refractivity (Wildman–Crippen MR) is 116 cm³/mol. The Hall–Kier alpha value is -3.18. The van der Waals surface area contributed by atoms with Crippen molar-refractivity contribution in [3.8, 4) is 17.1 Å². The molecule has 0 spiro atoms. The molecule has 9 nitrogen and oxygen atoms in total. The van der Waals surface area contributed by atoms with Crippen LogP contribution < -0.4 is 14.4 Å². The molecule has 1 aliphatic heterocycles. The van der Waals surface area contributed by atoms with E-state index < -0.39 is 34.0 Å². The smallest absolute Gasteiger partial charge is 0.412 e. The van der Waals surface area contributed by atoms with Crippen molar-refractivity contribution in [3.63, 3.8) is 0 Å². The van der Waals surface area contributed by atoms with E-state index in [1.165, 1.54) is 31.3 Å². The van der Waals surface area contributed by atoms with Crippen LogP contribution in [0.4, 0.5) is 15.0 Å². The first-order chi connectivity index (χ1) is 15.1. The number of halogens is 1. The largest absolute Gasteiger partial charge is 0.434 e. The molecule has 0 saturated carbocycles. The van der Waals surface area contributed by atoms with Gasteiger partial charge >= 0.3 is 6.09 Å². The van der Waals surface area contributed by atoms with E-state index in [0.717, 1.165) is 10.6 Å². The average molecular weight is 463 g/mol. The maximum atomic E-state index is 13.4. The summed E-state index contributed by atoms with van der Waals surface area (Å²) in [6, 6.07) is 7.01. The van der Waals surface area contributed by atoms with Gasteiger partial charge in [0.05, 0.1) is 17.7 Å². The van der Waals surface area contributed by atoms with Crippen LogP contribution in [-0.4, -0.2) is 50.6 Å². The molecule has 2 aromatic heterocycles. The van der Waals surface area contributed by atoms with Crippen molar-refractivity contribution >= 4 is 33.0 Å². The van der Waals surface area contributed by atoms with E-state index in [1.807, 2.05) is 0 Å². The van der Waals surface area contributed by atoms with Crippen LogP contribution in [0, 0.1) is 5.82 Å². The van der Waals surface area contributed by atoms with Crippen LogP contribution in [0.25, 0.3) is 22.4 Å². The fourth-order valence-electron chi connectivity index (χ4n) is 3.72. The van der Waals surface area contributed by atoms with Gasteiger partial charge in [-0.2, -0.15) is 4.98 Å². The molecule has 11 heteroatoms. The molecule has 0 saturated heterocycles. The molecule has 0 aliphatic carbocycles. The first-order valence-electron chi connectivity index (χ1n) is 9.89. The van der Waals surface area contributed by atoms with E-state index in [-0.39, 0.29) is 36.0 Å². The number of aliphatic hydroxyl groups excluding tert-OH is 1. The van der Waals surface area contributed by atoms with Gasteiger partial charge < -0.3 is 19.6 Å². The van der Waals surface area contributed by atoms with E-state index in [2.05, 4.69) is 10.3 Å². The van der Waals surface area contributed by atoms with Crippen molar-refractivity contribution in [2.45, 2.75) is 25.4 Å². The number of nitrogens with zero attached hydrogens (tertiary/aromatic N) is 2. The van der Waals surface area contributed by atoms with E-state index in [4.69, 9.17) is 9.15 Å². The highest BCUT2D eigenvalue weighted by Crippen LogP contribution is 2.44. The Labute approximate surface area is 183 Å². The number of hydrogen-bond acceptors (Lipinski definition) is 7. The number of rotatable bonds is 3. The van der Waals surface area contributed by atoms with Crippen LogP contribution in [0.5, 0.6) is 5.75 Å². The highest BCUT2D eigenvalue weighted by molar-refractivity contribution is 7.92. The number of pyridine rings is 1. The van der Waals surface area contributed by atoms with E-state index in [0.29, 0.717) is 16.5 Å². The monoisotopic (exact) mass is 463 g/mol. The van der Waals surface area contributed by atoms with E-state index in [9.17, 15) is 22.7 Å². The first-order valence-corrected chi connectivity index (χ1v) is 11.7. The maximum absolute atomic E-state index is 13.4. The second kappa shape index (κ2) is 8.06. The summed E-state index contributed by atoms with van der Waals surface area (Å²) < 4.78 is 50.7. The molecule has 3 heterocycles. The van der Waals surface area contributed by atoms with Gasteiger partial charge in [0, 0.05) is 30.6 Å². The van der Waals surface area contributed by atoms with Gasteiger partial charge in [0.1, 0.15) is 11.6 Å². The summed E-state index contributed by atoms with van der Waals surface area (Å²) in [5.41, 5.74) is 0.951. The van der Waals surface area contributed by atoms with E-state index >= 15 is 0 Å². The fourth-order valence-corrected chi connectivity index (χ4v) is 4.61. The Kier molecular flexibility index (Phi) is 5.55.